The van der Waals surface area contributed by atoms with E-state index < -0.39 is 39.7 Å². The zero-order valence-electron chi connectivity index (χ0n) is 27.1. The van der Waals surface area contributed by atoms with Gasteiger partial charge >= 0.3 is 0 Å². The molecule has 1 amide bonds. The second-order valence-electron chi connectivity index (χ2n) is 11.8. The number of carbonyl (C=O) groups is 1. The number of sulfonamides is 1. The van der Waals surface area contributed by atoms with Crippen LogP contribution in [0.3, 0.4) is 0 Å². The molecule has 0 spiro atoms. The van der Waals surface area contributed by atoms with E-state index in [4.69, 9.17) is 0 Å². The van der Waals surface area contributed by atoms with E-state index in [9.17, 15) is 27.1 Å². The SMILES string of the molecule is CCc1cccc(CNCC(O)C(Cc2cc(F)cc(F)c2)NC(=O)c2ccc(S(=O)(=O)N(Cc3ccccc3)c3ccccc3)cc2)c1. The molecule has 0 aliphatic rings. The predicted molar refractivity (Wildman–Crippen MR) is 188 cm³/mol. The van der Waals surface area contributed by atoms with E-state index in [1.54, 1.807) is 30.3 Å². The Balaban J connectivity index is 1.33. The summed E-state index contributed by atoms with van der Waals surface area (Å²) in [6.07, 6.45) is -0.283. The van der Waals surface area contributed by atoms with E-state index in [0.717, 1.165) is 35.7 Å². The van der Waals surface area contributed by atoms with Crippen LogP contribution < -0.4 is 14.9 Å². The number of aryl methyl sites for hydroxylation is 1. The molecule has 7 nitrogen and oxygen atoms in total. The van der Waals surface area contributed by atoms with Gasteiger partial charge in [-0.1, -0.05) is 79.7 Å². The normalized spacial score (nSPS) is 12.7. The number of halogens is 2. The number of nitrogens with one attached hydrogen (secondary N) is 2. The first-order chi connectivity index (χ1) is 23.6. The number of benzene rings is 5. The fraction of sp³-hybridized carbons (Fsp3) is 0.205. The van der Waals surface area contributed by atoms with Gasteiger partial charge in [0.25, 0.3) is 15.9 Å². The second-order valence-corrected chi connectivity index (χ2v) is 13.7. The first-order valence-corrected chi connectivity index (χ1v) is 17.5. The van der Waals surface area contributed by atoms with Gasteiger partial charge in [0.1, 0.15) is 11.6 Å². The summed E-state index contributed by atoms with van der Waals surface area (Å²) in [4.78, 5) is 13.4. The van der Waals surface area contributed by atoms with Crippen molar-refractivity contribution in [1.82, 2.24) is 10.6 Å². The van der Waals surface area contributed by atoms with Gasteiger partial charge in [-0.25, -0.2) is 17.2 Å². The summed E-state index contributed by atoms with van der Waals surface area (Å²) in [6, 6.07) is 33.7. The quantitative estimate of drug-likeness (QED) is 0.118. The van der Waals surface area contributed by atoms with E-state index >= 15 is 0 Å². The van der Waals surface area contributed by atoms with Gasteiger partial charge in [0.2, 0.25) is 0 Å². The molecule has 254 valence electrons. The maximum Gasteiger partial charge on any atom is 0.264 e. The van der Waals surface area contributed by atoms with E-state index in [1.807, 2.05) is 48.5 Å². The van der Waals surface area contributed by atoms with Crippen LogP contribution in [0.15, 0.2) is 132 Å². The molecule has 5 rings (SSSR count). The number of para-hydroxylation sites is 1. The molecule has 0 saturated heterocycles. The summed E-state index contributed by atoms with van der Waals surface area (Å²) in [5.74, 6) is -2.11. The molecule has 0 aliphatic carbocycles. The standard InChI is InChI=1S/C39H39F2N3O4S/c1-2-28-12-9-13-30(20-28)25-42-26-38(45)37(23-31-21-33(40)24-34(41)22-31)43-39(46)32-16-18-36(19-17-32)49(47,48)44(35-14-7-4-8-15-35)27-29-10-5-3-6-11-29/h3-22,24,37-38,42,45H,2,23,25-27H2,1H3,(H,43,46). The molecule has 0 fully saturated rings. The van der Waals surface area contributed by atoms with Crippen LogP contribution in [0.25, 0.3) is 0 Å². The molecule has 49 heavy (non-hydrogen) atoms. The third-order valence-electron chi connectivity index (χ3n) is 8.16. The van der Waals surface area contributed by atoms with Gasteiger partial charge in [-0.2, -0.15) is 0 Å². The lowest BCUT2D eigenvalue weighted by atomic mass is 10.00. The van der Waals surface area contributed by atoms with Crippen LogP contribution in [0.5, 0.6) is 0 Å². The molecule has 0 saturated carbocycles. The lowest BCUT2D eigenvalue weighted by Crippen LogP contribution is -2.48. The van der Waals surface area contributed by atoms with Crippen molar-refractivity contribution in [2.24, 2.45) is 0 Å². The predicted octanol–water partition coefficient (Wildman–Crippen LogP) is 6.41. The van der Waals surface area contributed by atoms with Crippen molar-refractivity contribution >= 4 is 21.6 Å². The number of aliphatic hydroxyl groups is 1. The minimum atomic E-state index is -4.04. The number of rotatable bonds is 15. The monoisotopic (exact) mass is 683 g/mol. The van der Waals surface area contributed by atoms with Crippen LogP contribution in [0.2, 0.25) is 0 Å². The summed E-state index contributed by atoms with van der Waals surface area (Å²) in [5.41, 5.74) is 3.92. The summed E-state index contributed by atoms with van der Waals surface area (Å²) in [7, 11) is -4.04. The third-order valence-corrected chi connectivity index (χ3v) is 9.95. The average Bonchev–Trinajstić information content (AvgIpc) is 3.10. The van der Waals surface area contributed by atoms with Crippen molar-refractivity contribution in [3.8, 4) is 0 Å². The summed E-state index contributed by atoms with van der Waals surface area (Å²) in [5, 5.41) is 17.2. The topological polar surface area (TPSA) is 98.7 Å². The highest BCUT2D eigenvalue weighted by Crippen LogP contribution is 2.26. The van der Waals surface area contributed by atoms with Crippen LogP contribution in [0.4, 0.5) is 14.5 Å². The average molecular weight is 684 g/mol. The van der Waals surface area contributed by atoms with Crippen LogP contribution in [0.1, 0.15) is 39.5 Å². The van der Waals surface area contributed by atoms with Crippen LogP contribution in [0, 0.1) is 11.6 Å². The maximum atomic E-state index is 14.0. The van der Waals surface area contributed by atoms with Crippen molar-refractivity contribution < 1.29 is 27.1 Å². The number of hydrogen-bond acceptors (Lipinski definition) is 5. The zero-order valence-corrected chi connectivity index (χ0v) is 27.9. The van der Waals surface area contributed by atoms with Crippen LogP contribution in [-0.2, 0) is 36.0 Å². The van der Waals surface area contributed by atoms with Gasteiger partial charge in [-0.3, -0.25) is 9.10 Å². The van der Waals surface area contributed by atoms with Crippen molar-refractivity contribution in [2.75, 3.05) is 10.8 Å². The van der Waals surface area contributed by atoms with Crippen molar-refractivity contribution in [1.29, 1.82) is 0 Å². The molecule has 10 heteroatoms. The maximum absolute atomic E-state index is 14.0. The highest BCUT2D eigenvalue weighted by molar-refractivity contribution is 7.92. The first-order valence-electron chi connectivity index (χ1n) is 16.1. The minimum Gasteiger partial charge on any atom is -0.390 e. The van der Waals surface area contributed by atoms with Crippen LogP contribution >= 0.6 is 0 Å². The smallest absolute Gasteiger partial charge is 0.264 e. The Labute approximate surface area is 286 Å². The first kappa shape index (κ1) is 35.4. The number of nitrogens with zero attached hydrogens (tertiary/aromatic N) is 1. The van der Waals surface area contributed by atoms with Gasteiger partial charge in [0.15, 0.2) is 0 Å². The molecule has 0 bridgehead atoms. The van der Waals surface area contributed by atoms with Crippen LogP contribution in [-0.4, -0.2) is 38.1 Å². The molecule has 2 atom stereocenters. The molecular weight excluding hydrogens is 645 g/mol. The molecule has 0 radical (unpaired) electrons. The summed E-state index contributed by atoms with van der Waals surface area (Å²) >= 11 is 0. The molecule has 0 aliphatic heterocycles. The second kappa shape index (κ2) is 16.5. The minimum absolute atomic E-state index is 0.00741. The lowest BCUT2D eigenvalue weighted by molar-refractivity contribution is 0.0829. The van der Waals surface area contributed by atoms with E-state index in [0.29, 0.717) is 12.2 Å². The lowest BCUT2D eigenvalue weighted by Gasteiger charge is -2.26. The molecule has 5 aromatic carbocycles. The molecule has 0 aromatic heterocycles. The van der Waals surface area contributed by atoms with Gasteiger partial charge < -0.3 is 15.7 Å². The van der Waals surface area contributed by atoms with Gasteiger partial charge in [0.05, 0.1) is 29.3 Å². The van der Waals surface area contributed by atoms with Crippen molar-refractivity contribution in [2.45, 2.75) is 49.9 Å². The Morgan fingerprint density at radius 3 is 2.02 bits per heavy atom. The Bertz CT molecular complexity index is 1920. The van der Waals surface area contributed by atoms with Gasteiger partial charge in [-0.15, -0.1) is 0 Å². The molecule has 0 heterocycles. The fourth-order valence-electron chi connectivity index (χ4n) is 5.55. The largest absolute Gasteiger partial charge is 0.390 e. The summed E-state index contributed by atoms with van der Waals surface area (Å²) in [6.45, 7) is 2.73. The van der Waals surface area contributed by atoms with Gasteiger partial charge in [0, 0.05) is 24.7 Å². The molecule has 5 aromatic rings. The Hall–Kier alpha value is -4.90. The molecule has 2 unspecified atom stereocenters. The Kier molecular flexibility index (Phi) is 11.9. The highest BCUT2D eigenvalue weighted by atomic mass is 32.2. The Morgan fingerprint density at radius 2 is 1.37 bits per heavy atom. The zero-order chi connectivity index (χ0) is 34.8. The molecule has 3 N–H and O–H groups in total. The number of hydrogen-bond donors (Lipinski definition) is 3. The summed E-state index contributed by atoms with van der Waals surface area (Å²) < 4.78 is 57.2. The third kappa shape index (κ3) is 9.60. The molecular formula is C39H39F2N3O4S. The van der Waals surface area contributed by atoms with E-state index in [1.165, 1.54) is 34.1 Å². The van der Waals surface area contributed by atoms with Crippen molar-refractivity contribution in [3.05, 3.63) is 167 Å². The number of carbonyl (C=O) groups excluding carboxylic acids is 1. The van der Waals surface area contributed by atoms with Crippen molar-refractivity contribution in [3.63, 3.8) is 0 Å². The number of amides is 1. The number of aliphatic hydroxyl groups excluding tert-OH is 1. The Morgan fingerprint density at radius 1 is 0.755 bits per heavy atom. The highest BCUT2D eigenvalue weighted by Gasteiger charge is 2.27. The number of anilines is 1. The van der Waals surface area contributed by atoms with Gasteiger partial charge in [-0.05, 0) is 83.6 Å². The fourth-order valence-corrected chi connectivity index (χ4v) is 7.00. The van der Waals surface area contributed by atoms with E-state index in [2.05, 4.69) is 23.6 Å². The van der Waals surface area contributed by atoms with E-state index in [-0.39, 0.29) is 35.5 Å².